The van der Waals surface area contributed by atoms with Gasteiger partial charge >= 0.3 is 0 Å². The molecular weight excluding hydrogens is 236 g/mol. The monoisotopic (exact) mass is 254 g/mol. The van der Waals surface area contributed by atoms with Gasteiger partial charge in [0, 0.05) is 0 Å². The van der Waals surface area contributed by atoms with Crippen molar-refractivity contribution in [1.82, 2.24) is 0 Å². The molecular formula is C9H18O6S. The molecule has 1 heterocycles. The standard InChI is InChI=1S/C9H18O6S/c10-4-5-6(11)7(12)8(13)9(15-5)14-2-1-3-16/h5-13,16H,1-4H2/t5?,6-,7?,8-,9+/m0/s1. The first-order chi connectivity index (χ1) is 7.61. The number of aliphatic hydroxyl groups is 4. The fourth-order valence-electron chi connectivity index (χ4n) is 1.47. The molecule has 1 fully saturated rings. The molecule has 6 nitrogen and oxygen atoms in total. The average Bonchev–Trinajstić information content (AvgIpc) is 2.29. The van der Waals surface area contributed by atoms with Crippen molar-refractivity contribution in [3.63, 3.8) is 0 Å². The second kappa shape index (κ2) is 6.75. The smallest absolute Gasteiger partial charge is 0.186 e. The van der Waals surface area contributed by atoms with Gasteiger partial charge in [0.15, 0.2) is 6.29 Å². The van der Waals surface area contributed by atoms with E-state index in [1.807, 2.05) is 0 Å². The summed E-state index contributed by atoms with van der Waals surface area (Å²) in [5, 5.41) is 37.4. The van der Waals surface area contributed by atoms with Gasteiger partial charge in [-0.1, -0.05) is 0 Å². The van der Waals surface area contributed by atoms with Crippen LogP contribution in [0.1, 0.15) is 6.42 Å². The van der Waals surface area contributed by atoms with Gasteiger partial charge in [-0.05, 0) is 12.2 Å². The third-order valence-corrected chi connectivity index (χ3v) is 2.75. The minimum Gasteiger partial charge on any atom is -0.394 e. The van der Waals surface area contributed by atoms with Crippen LogP contribution in [0.15, 0.2) is 0 Å². The van der Waals surface area contributed by atoms with Crippen LogP contribution >= 0.6 is 12.6 Å². The van der Waals surface area contributed by atoms with Crippen LogP contribution in [-0.4, -0.2) is 70.1 Å². The fraction of sp³-hybridized carbons (Fsp3) is 1.00. The van der Waals surface area contributed by atoms with Gasteiger partial charge in [0.05, 0.1) is 13.2 Å². The van der Waals surface area contributed by atoms with E-state index in [2.05, 4.69) is 12.6 Å². The lowest BCUT2D eigenvalue weighted by molar-refractivity contribution is -0.300. The molecule has 1 saturated heterocycles. The van der Waals surface area contributed by atoms with Crippen LogP contribution in [0.5, 0.6) is 0 Å². The molecule has 7 heteroatoms. The largest absolute Gasteiger partial charge is 0.394 e. The van der Waals surface area contributed by atoms with Crippen LogP contribution in [0.25, 0.3) is 0 Å². The van der Waals surface area contributed by atoms with Crippen molar-refractivity contribution in [3.8, 4) is 0 Å². The fourth-order valence-corrected chi connectivity index (χ4v) is 1.60. The zero-order valence-corrected chi connectivity index (χ0v) is 9.66. The maximum absolute atomic E-state index is 9.56. The molecule has 0 saturated carbocycles. The lowest BCUT2D eigenvalue weighted by Crippen LogP contribution is -2.59. The van der Waals surface area contributed by atoms with Crippen molar-refractivity contribution in [2.24, 2.45) is 0 Å². The summed E-state index contributed by atoms with van der Waals surface area (Å²) in [6.45, 7) is -0.121. The lowest BCUT2D eigenvalue weighted by Gasteiger charge is -2.39. The van der Waals surface area contributed by atoms with Gasteiger partial charge in [-0.15, -0.1) is 0 Å². The van der Waals surface area contributed by atoms with E-state index in [1.165, 1.54) is 0 Å². The van der Waals surface area contributed by atoms with Crippen molar-refractivity contribution < 1.29 is 29.9 Å². The van der Waals surface area contributed by atoms with E-state index in [1.54, 1.807) is 0 Å². The minimum atomic E-state index is -1.38. The predicted octanol–water partition coefficient (Wildman–Crippen LogP) is -1.88. The van der Waals surface area contributed by atoms with Crippen molar-refractivity contribution in [2.75, 3.05) is 19.0 Å². The number of hydrogen-bond acceptors (Lipinski definition) is 7. The Morgan fingerprint density at radius 3 is 2.38 bits per heavy atom. The van der Waals surface area contributed by atoms with Crippen molar-refractivity contribution in [1.29, 1.82) is 0 Å². The zero-order chi connectivity index (χ0) is 12.1. The summed E-state index contributed by atoms with van der Waals surface area (Å²) in [6.07, 6.45) is -5.32. The summed E-state index contributed by atoms with van der Waals surface area (Å²) in [5.41, 5.74) is 0. The Kier molecular flexibility index (Phi) is 5.98. The van der Waals surface area contributed by atoms with E-state index in [4.69, 9.17) is 14.6 Å². The van der Waals surface area contributed by atoms with Gasteiger partial charge in [-0.25, -0.2) is 0 Å². The van der Waals surface area contributed by atoms with E-state index < -0.39 is 37.3 Å². The van der Waals surface area contributed by atoms with Crippen LogP contribution in [0.4, 0.5) is 0 Å². The molecule has 96 valence electrons. The Morgan fingerprint density at radius 2 is 1.81 bits per heavy atom. The highest BCUT2D eigenvalue weighted by atomic mass is 32.1. The Hall–Kier alpha value is 0.110. The summed E-state index contributed by atoms with van der Waals surface area (Å²) in [6, 6.07) is 0. The molecule has 16 heavy (non-hydrogen) atoms. The molecule has 1 rings (SSSR count). The summed E-state index contributed by atoms with van der Waals surface area (Å²) >= 11 is 4.00. The van der Waals surface area contributed by atoms with Crippen molar-refractivity contribution >= 4 is 12.6 Å². The second-order valence-electron chi connectivity index (χ2n) is 3.65. The van der Waals surface area contributed by atoms with Crippen LogP contribution in [-0.2, 0) is 9.47 Å². The van der Waals surface area contributed by atoms with E-state index in [0.717, 1.165) is 0 Å². The van der Waals surface area contributed by atoms with Gasteiger partial charge in [0.25, 0.3) is 0 Å². The van der Waals surface area contributed by atoms with Gasteiger partial charge in [-0.3, -0.25) is 0 Å². The highest BCUT2D eigenvalue weighted by Crippen LogP contribution is 2.21. The topological polar surface area (TPSA) is 99.4 Å². The molecule has 5 atom stereocenters. The predicted molar refractivity (Wildman–Crippen MR) is 58.2 cm³/mol. The number of ether oxygens (including phenoxy) is 2. The van der Waals surface area contributed by atoms with Gasteiger partial charge in [0.1, 0.15) is 24.4 Å². The summed E-state index contributed by atoms with van der Waals surface area (Å²) in [5.74, 6) is 0.636. The van der Waals surface area contributed by atoms with E-state index in [-0.39, 0.29) is 0 Å². The molecule has 2 unspecified atom stereocenters. The Morgan fingerprint density at radius 1 is 1.12 bits per heavy atom. The number of thiol groups is 1. The quantitative estimate of drug-likeness (QED) is 0.291. The molecule has 1 aliphatic heterocycles. The summed E-state index contributed by atoms with van der Waals surface area (Å²) < 4.78 is 10.3. The first-order valence-electron chi connectivity index (χ1n) is 5.14. The van der Waals surface area contributed by atoms with Gasteiger partial charge < -0.3 is 29.9 Å². The van der Waals surface area contributed by atoms with E-state index in [0.29, 0.717) is 18.8 Å². The highest BCUT2D eigenvalue weighted by molar-refractivity contribution is 7.80. The van der Waals surface area contributed by atoms with Crippen molar-refractivity contribution in [2.45, 2.75) is 37.1 Å². The normalized spacial score (nSPS) is 39.9. The summed E-state index contributed by atoms with van der Waals surface area (Å²) in [7, 11) is 0. The van der Waals surface area contributed by atoms with E-state index >= 15 is 0 Å². The zero-order valence-electron chi connectivity index (χ0n) is 8.77. The third-order valence-electron chi connectivity index (χ3n) is 2.43. The number of hydrogen-bond donors (Lipinski definition) is 5. The van der Waals surface area contributed by atoms with Crippen molar-refractivity contribution in [3.05, 3.63) is 0 Å². The lowest BCUT2D eigenvalue weighted by atomic mass is 9.99. The molecule has 0 aromatic heterocycles. The van der Waals surface area contributed by atoms with Crippen LogP contribution in [0.2, 0.25) is 0 Å². The maximum Gasteiger partial charge on any atom is 0.186 e. The first-order valence-corrected chi connectivity index (χ1v) is 5.78. The SMILES string of the molecule is OCC1O[C@@H](OCCCS)[C@@H](O)C(O)[C@H]1O. The minimum absolute atomic E-state index is 0.326. The average molecular weight is 254 g/mol. The Labute approximate surface area is 99.2 Å². The molecule has 4 N–H and O–H groups in total. The molecule has 0 amide bonds. The number of aliphatic hydroxyl groups excluding tert-OH is 4. The molecule has 0 aromatic carbocycles. The molecule has 0 radical (unpaired) electrons. The second-order valence-corrected chi connectivity index (χ2v) is 4.09. The van der Waals surface area contributed by atoms with Crippen LogP contribution in [0.3, 0.4) is 0 Å². The first kappa shape index (κ1) is 14.2. The van der Waals surface area contributed by atoms with Gasteiger partial charge in [-0.2, -0.15) is 12.6 Å². The molecule has 0 bridgehead atoms. The highest BCUT2D eigenvalue weighted by Gasteiger charge is 2.43. The van der Waals surface area contributed by atoms with E-state index in [9.17, 15) is 15.3 Å². The van der Waals surface area contributed by atoms with Gasteiger partial charge in [0.2, 0.25) is 0 Å². The Balaban J connectivity index is 2.50. The molecule has 0 aromatic rings. The Bertz CT molecular complexity index is 202. The summed E-state index contributed by atoms with van der Waals surface area (Å²) in [4.78, 5) is 0. The number of rotatable bonds is 5. The molecule has 0 spiro atoms. The molecule has 0 aliphatic carbocycles. The maximum atomic E-state index is 9.56. The third kappa shape index (κ3) is 3.30. The van der Waals surface area contributed by atoms with Crippen LogP contribution in [0, 0.1) is 0 Å². The van der Waals surface area contributed by atoms with Crippen LogP contribution < -0.4 is 0 Å². The molecule has 1 aliphatic rings.